The van der Waals surface area contributed by atoms with Gasteiger partial charge in [-0.1, -0.05) is 18.2 Å². The van der Waals surface area contributed by atoms with Crippen LogP contribution in [-0.2, 0) is 20.9 Å². The van der Waals surface area contributed by atoms with Crippen LogP contribution in [0.15, 0.2) is 42.5 Å². The lowest BCUT2D eigenvalue weighted by atomic mass is 9.77. The van der Waals surface area contributed by atoms with Crippen molar-refractivity contribution in [3.8, 4) is 17.2 Å². The zero-order valence-electron chi connectivity index (χ0n) is 25.5. The minimum atomic E-state index is -0.229. The third-order valence-electron chi connectivity index (χ3n) is 8.23. The molecule has 2 amide bonds. The van der Waals surface area contributed by atoms with E-state index >= 15 is 0 Å². The number of nitrogens with one attached hydrogen (secondary N) is 1. The molecule has 0 aliphatic carbocycles. The number of carbonyl (C=O) groups is 2. The highest BCUT2D eigenvalue weighted by atomic mass is 16.5. The molecule has 2 heterocycles. The third-order valence-corrected chi connectivity index (χ3v) is 8.23. The molecule has 2 aromatic carbocycles. The molecule has 9 nitrogen and oxygen atoms in total. The Morgan fingerprint density at radius 2 is 1.54 bits per heavy atom. The lowest BCUT2D eigenvalue weighted by Gasteiger charge is -2.38. The van der Waals surface area contributed by atoms with E-state index in [1.165, 1.54) is 0 Å². The summed E-state index contributed by atoms with van der Waals surface area (Å²) >= 11 is 0. The molecule has 2 aromatic rings. The number of hydrogen-bond acceptors (Lipinski definition) is 7. The third kappa shape index (κ3) is 8.60. The summed E-state index contributed by atoms with van der Waals surface area (Å²) < 4.78 is 20.7. The van der Waals surface area contributed by atoms with E-state index in [0.717, 1.165) is 75.1 Å². The molecule has 1 atom stereocenters. The predicted octanol–water partition coefficient (Wildman–Crippen LogP) is 4.45. The van der Waals surface area contributed by atoms with Crippen molar-refractivity contribution in [1.29, 1.82) is 0 Å². The van der Waals surface area contributed by atoms with Crippen molar-refractivity contribution in [2.24, 2.45) is 5.41 Å². The lowest BCUT2D eigenvalue weighted by molar-refractivity contribution is -0.138. The van der Waals surface area contributed by atoms with Crippen LogP contribution in [-0.4, -0.2) is 82.8 Å². The molecule has 1 unspecified atom stereocenters. The highest BCUT2D eigenvalue weighted by Gasteiger charge is 2.47. The van der Waals surface area contributed by atoms with Gasteiger partial charge in [-0.15, -0.1) is 0 Å². The monoisotopic (exact) mass is 569 g/mol. The van der Waals surface area contributed by atoms with E-state index in [0.29, 0.717) is 30.1 Å². The largest absolute Gasteiger partial charge is 0.497 e. The van der Waals surface area contributed by atoms with E-state index in [9.17, 15) is 9.59 Å². The molecule has 41 heavy (non-hydrogen) atoms. The van der Waals surface area contributed by atoms with Crippen LogP contribution < -0.4 is 19.5 Å². The average Bonchev–Trinajstić information content (AvgIpc) is 3.30. The van der Waals surface area contributed by atoms with E-state index in [4.69, 9.17) is 18.9 Å². The van der Waals surface area contributed by atoms with Crippen molar-refractivity contribution in [2.75, 3.05) is 54.6 Å². The van der Waals surface area contributed by atoms with Crippen LogP contribution >= 0.6 is 0 Å². The average molecular weight is 570 g/mol. The summed E-state index contributed by atoms with van der Waals surface area (Å²) in [7, 11) is 6.57. The van der Waals surface area contributed by atoms with Gasteiger partial charge in [0.2, 0.25) is 12.3 Å². The van der Waals surface area contributed by atoms with Gasteiger partial charge < -0.3 is 34.1 Å². The van der Waals surface area contributed by atoms with E-state index < -0.39 is 0 Å². The molecule has 2 fully saturated rings. The zero-order valence-corrected chi connectivity index (χ0v) is 25.5. The summed E-state index contributed by atoms with van der Waals surface area (Å²) in [6.45, 7) is 8.09. The fraction of sp³-hybridized carbons (Fsp3) is 0.562. The molecule has 2 aliphatic rings. The summed E-state index contributed by atoms with van der Waals surface area (Å²) in [5, 5.41) is 2.95. The molecule has 2 saturated heterocycles. The number of piperidine rings is 1. The van der Waals surface area contributed by atoms with Crippen LogP contribution in [0, 0.1) is 5.41 Å². The van der Waals surface area contributed by atoms with Crippen molar-refractivity contribution >= 4 is 12.3 Å². The number of carbonyl (C=O) groups excluding carboxylic acids is 2. The molecule has 226 valence electrons. The highest BCUT2D eigenvalue weighted by Crippen LogP contribution is 2.42. The van der Waals surface area contributed by atoms with Gasteiger partial charge in [-0.05, 0) is 88.0 Å². The van der Waals surface area contributed by atoms with Gasteiger partial charge in [-0.25, -0.2) is 0 Å². The van der Waals surface area contributed by atoms with E-state index in [1.54, 1.807) is 28.4 Å². The molecule has 0 aromatic heterocycles. The molecule has 0 bridgehead atoms. The summed E-state index contributed by atoms with van der Waals surface area (Å²) in [5.74, 6) is 2.43. The normalized spacial score (nSPS) is 17.1. The van der Waals surface area contributed by atoms with Crippen LogP contribution in [0.2, 0.25) is 0 Å². The number of ether oxygens (including phenoxy) is 4. The minimum Gasteiger partial charge on any atom is -0.497 e. The molecule has 0 saturated carbocycles. The van der Waals surface area contributed by atoms with Gasteiger partial charge in [0, 0.05) is 26.7 Å². The van der Waals surface area contributed by atoms with Crippen LogP contribution in [0.3, 0.4) is 0 Å². The minimum absolute atomic E-state index is 0.119. The van der Waals surface area contributed by atoms with Crippen LogP contribution in [0.4, 0.5) is 0 Å². The number of nitrogens with zero attached hydrogens (tertiary/aromatic N) is 2. The molecule has 9 heteroatoms. The van der Waals surface area contributed by atoms with Crippen molar-refractivity contribution in [3.05, 3.63) is 53.6 Å². The van der Waals surface area contributed by atoms with Gasteiger partial charge in [0.05, 0.1) is 38.9 Å². The van der Waals surface area contributed by atoms with Crippen molar-refractivity contribution in [2.45, 2.75) is 58.2 Å². The molecule has 4 rings (SSSR count). The molecule has 0 radical (unpaired) electrons. The fourth-order valence-corrected chi connectivity index (χ4v) is 5.47. The van der Waals surface area contributed by atoms with Gasteiger partial charge in [0.15, 0.2) is 11.5 Å². The molecule has 1 spiro atoms. The van der Waals surface area contributed by atoms with Crippen molar-refractivity contribution in [1.82, 2.24) is 15.1 Å². The standard InChI is InChI=1S/C28H37N3O5.C4H10O/c1-34-23-7-4-21(5-8-23)19-31-17-13-28(27(31)33)11-15-30(16-12-28)14-10-24(29-20-32)22-6-9-25(35-2)26(18-22)36-3;1-4(2)5-3/h4-9,18,20,24H,10-17,19H2,1-3H3,(H,29,32);4H,1-3H3. The molecule has 1 N–H and O–H groups in total. The second kappa shape index (κ2) is 15.6. The van der Waals surface area contributed by atoms with Gasteiger partial charge in [-0.3, -0.25) is 9.59 Å². The summed E-state index contributed by atoms with van der Waals surface area (Å²) in [6, 6.07) is 13.6. The first-order valence-electron chi connectivity index (χ1n) is 14.4. The highest BCUT2D eigenvalue weighted by molar-refractivity contribution is 5.85. The Bertz CT molecular complexity index is 1100. The Morgan fingerprint density at radius 1 is 0.902 bits per heavy atom. The Kier molecular flexibility index (Phi) is 12.3. The molecular weight excluding hydrogens is 522 g/mol. The van der Waals surface area contributed by atoms with Crippen LogP contribution in [0.1, 0.15) is 56.7 Å². The summed E-state index contributed by atoms with van der Waals surface area (Å²) in [4.78, 5) is 29.1. The maximum atomic E-state index is 13.4. The first-order valence-corrected chi connectivity index (χ1v) is 14.4. The smallest absolute Gasteiger partial charge is 0.229 e. The zero-order chi connectivity index (χ0) is 29.8. The number of amides is 2. The Hall–Kier alpha value is -3.30. The molecular formula is C32H47N3O6. The topological polar surface area (TPSA) is 89.6 Å². The van der Waals surface area contributed by atoms with E-state index in [2.05, 4.69) is 10.2 Å². The fourth-order valence-electron chi connectivity index (χ4n) is 5.47. The van der Waals surface area contributed by atoms with Gasteiger partial charge >= 0.3 is 0 Å². The van der Waals surface area contributed by atoms with Crippen LogP contribution in [0.5, 0.6) is 17.2 Å². The van der Waals surface area contributed by atoms with Gasteiger partial charge in [-0.2, -0.15) is 0 Å². The summed E-state index contributed by atoms with van der Waals surface area (Å²) in [6.07, 6.45) is 4.60. The number of rotatable bonds is 12. The quantitative estimate of drug-likeness (QED) is 0.378. The van der Waals surface area contributed by atoms with E-state index in [1.807, 2.05) is 61.2 Å². The van der Waals surface area contributed by atoms with Gasteiger partial charge in [0.1, 0.15) is 5.75 Å². The maximum absolute atomic E-state index is 13.4. The Morgan fingerprint density at radius 3 is 2.10 bits per heavy atom. The number of likely N-dealkylation sites (tertiary alicyclic amines) is 2. The first kappa shape index (κ1) is 32.2. The van der Waals surface area contributed by atoms with Crippen molar-refractivity contribution < 1.29 is 28.5 Å². The second-order valence-electron chi connectivity index (χ2n) is 11.0. The number of benzene rings is 2. The van der Waals surface area contributed by atoms with Crippen LogP contribution in [0.25, 0.3) is 0 Å². The number of hydrogen-bond donors (Lipinski definition) is 1. The Labute approximate surface area is 245 Å². The van der Waals surface area contributed by atoms with Crippen molar-refractivity contribution in [3.63, 3.8) is 0 Å². The summed E-state index contributed by atoms with van der Waals surface area (Å²) in [5.41, 5.74) is 1.88. The first-order chi connectivity index (χ1) is 19.8. The Balaban J connectivity index is 0.000000850. The molecule has 2 aliphatic heterocycles. The SMILES string of the molecule is COC(C)C.COc1ccc(CN2CCC3(CCN(CCC(NC=O)c4ccc(OC)c(OC)c4)CC3)C2=O)cc1. The van der Waals surface area contributed by atoms with Gasteiger partial charge in [0.25, 0.3) is 0 Å². The number of methoxy groups -OCH3 is 4. The van der Waals surface area contributed by atoms with E-state index in [-0.39, 0.29) is 11.5 Å². The predicted molar refractivity (Wildman–Crippen MR) is 159 cm³/mol. The second-order valence-corrected chi connectivity index (χ2v) is 11.0. The maximum Gasteiger partial charge on any atom is 0.229 e. The lowest BCUT2D eigenvalue weighted by Crippen LogP contribution is -2.45.